The number of amides is 1. The molecule has 3 N–H and O–H groups in total. The van der Waals surface area contributed by atoms with Gasteiger partial charge in [0, 0.05) is 42.3 Å². The Morgan fingerprint density at radius 2 is 2.02 bits per heavy atom. The second-order valence-corrected chi connectivity index (χ2v) is 12.1. The van der Waals surface area contributed by atoms with Gasteiger partial charge in [-0.25, -0.2) is 0 Å². The predicted octanol–water partition coefficient (Wildman–Crippen LogP) is 5.01. The van der Waals surface area contributed by atoms with Crippen LogP contribution in [0.2, 0.25) is 5.02 Å². The van der Waals surface area contributed by atoms with Gasteiger partial charge in [0.25, 0.3) is 5.91 Å². The molecular formula is C32H38ClN3O7S. The SMILES string of the molecule is O=C(NCc1ccc(Cl)cc1)c1cn(CCOCCOC2CCCCO2)c2sc(CNCC[C@@H](O)c3ccco3)cc2c1=O. The molecule has 1 aromatic carbocycles. The number of ether oxygens (including phenoxy) is 3. The van der Waals surface area contributed by atoms with Crippen LogP contribution in [0.4, 0.5) is 0 Å². The van der Waals surface area contributed by atoms with E-state index in [0.717, 1.165) is 41.1 Å². The molecule has 3 aromatic heterocycles. The number of nitrogens with zero attached hydrogens (tertiary/aromatic N) is 1. The number of hydrogen-bond acceptors (Lipinski definition) is 9. The zero-order chi connectivity index (χ0) is 30.7. The maximum Gasteiger partial charge on any atom is 0.257 e. The lowest BCUT2D eigenvalue weighted by Crippen LogP contribution is -2.29. The van der Waals surface area contributed by atoms with E-state index in [9.17, 15) is 14.7 Å². The lowest BCUT2D eigenvalue weighted by molar-refractivity contribution is -0.169. The van der Waals surface area contributed by atoms with E-state index < -0.39 is 12.0 Å². The van der Waals surface area contributed by atoms with Crippen LogP contribution in [0.15, 0.2) is 64.1 Å². The normalized spacial score (nSPS) is 15.9. The highest BCUT2D eigenvalue weighted by molar-refractivity contribution is 7.18. The molecule has 44 heavy (non-hydrogen) atoms. The molecule has 4 heterocycles. The Bertz CT molecular complexity index is 1530. The molecular weight excluding hydrogens is 606 g/mol. The van der Waals surface area contributed by atoms with Crippen molar-refractivity contribution in [3.63, 3.8) is 0 Å². The molecule has 0 aliphatic carbocycles. The molecule has 1 unspecified atom stereocenters. The molecule has 0 bridgehead atoms. The summed E-state index contributed by atoms with van der Waals surface area (Å²) in [6.07, 6.45) is 5.86. The Morgan fingerprint density at radius 1 is 1.16 bits per heavy atom. The molecule has 2 atom stereocenters. The number of rotatable bonds is 16. The third-order valence-corrected chi connectivity index (χ3v) is 8.74. The van der Waals surface area contributed by atoms with Gasteiger partial charge in [0.15, 0.2) is 6.29 Å². The maximum atomic E-state index is 13.5. The lowest BCUT2D eigenvalue weighted by atomic mass is 10.1. The minimum atomic E-state index is -0.690. The summed E-state index contributed by atoms with van der Waals surface area (Å²) in [7, 11) is 0. The number of aliphatic hydroxyl groups excluding tert-OH is 1. The van der Waals surface area contributed by atoms with Gasteiger partial charge >= 0.3 is 0 Å². The zero-order valence-electron chi connectivity index (χ0n) is 24.5. The number of hydrogen-bond donors (Lipinski definition) is 3. The molecule has 0 radical (unpaired) electrons. The standard InChI is InChI=1S/C32H38ClN3O7S/c33-23-8-6-22(7-9-23)19-35-31(39)26-21-36(12-15-40-16-17-43-29-5-1-2-13-42-29)32-25(30(26)38)18-24(44-32)20-34-11-10-27(37)28-4-3-14-41-28/h3-4,6-9,14,18,21,27,29,34,37H,1-2,5,10-13,15-17,19-20H2,(H,35,39)/t27-,29?/m1/s1. The van der Waals surface area contributed by atoms with E-state index in [1.807, 2.05) is 22.8 Å². The zero-order valence-corrected chi connectivity index (χ0v) is 26.0. The van der Waals surface area contributed by atoms with Crippen LogP contribution in [0.3, 0.4) is 0 Å². The van der Waals surface area contributed by atoms with Crippen molar-refractivity contribution < 1.29 is 28.5 Å². The van der Waals surface area contributed by atoms with Gasteiger partial charge in [-0.05, 0) is 68.1 Å². The van der Waals surface area contributed by atoms with Gasteiger partial charge in [-0.15, -0.1) is 11.3 Å². The molecule has 236 valence electrons. The minimum Gasteiger partial charge on any atom is -0.467 e. The number of fused-ring (bicyclic) bond motifs is 1. The molecule has 10 nitrogen and oxygen atoms in total. The van der Waals surface area contributed by atoms with E-state index in [1.165, 1.54) is 17.6 Å². The van der Waals surface area contributed by atoms with E-state index in [2.05, 4.69) is 10.6 Å². The Labute approximate surface area is 264 Å². The summed E-state index contributed by atoms with van der Waals surface area (Å²) in [5, 5.41) is 17.5. The van der Waals surface area contributed by atoms with Crippen molar-refractivity contribution in [2.45, 2.75) is 57.7 Å². The number of aromatic nitrogens is 1. The first-order valence-corrected chi connectivity index (χ1v) is 16.1. The molecule has 4 aromatic rings. The summed E-state index contributed by atoms with van der Waals surface area (Å²) in [5.74, 6) is 0.0869. The molecule has 1 aliphatic rings. The van der Waals surface area contributed by atoms with Crippen LogP contribution >= 0.6 is 22.9 Å². The van der Waals surface area contributed by atoms with Gasteiger partial charge in [-0.1, -0.05) is 23.7 Å². The Hall–Kier alpha value is -3.03. The van der Waals surface area contributed by atoms with E-state index in [1.54, 1.807) is 30.5 Å². The number of carbonyl (C=O) groups excluding carboxylic acids is 1. The van der Waals surface area contributed by atoms with E-state index in [4.69, 9.17) is 30.2 Å². The minimum absolute atomic E-state index is 0.0723. The molecule has 1 saturated heterocycles. The van der Waals surface area contributed by atoms with Crippen molar-refractivity contribution in [2.24, 2.45) is 0 Å². The van der Waals surface area contributed by atoms with Crippen LogP contribution in [-0.4, -0.2) is 54.8 Å². The highest BCUT2D eigenvalue weighted by atomic mass is 35.5. The number of halogens is 1. The average Bonchev–Trinajstić information content (AvgIpc) is 3.73. The predicted molar refractivity (Wildman–Crippen MR) is 169 cm³/mol. The quantitative estimate of drug-likeness (QED) is 0.146. The fourth-order valence-corrected chi connectivity index (χ4v) is 6.19. The molecule has 1 amide bonds. The van der Waals surface area contributed by atoms with Crippen LogP contribution in [0.25, 0.3) is 10.2 Å². The van der Waals surface area contributed by atoms with Gasteiger partial charge in [0.1, 0.15) is 22.3 Å². The molecule has 0 saturated carbocycles. The third-order valence-electron chi connectivity index (χ3n) is 7.32. The van der Waals surface area contributed by atoms with Gasteiger partial charge in [0.2, 0.25) is 5.43 Å². The Kier molecular flexibility index (Phi) is 12.0. The van der Waals surface area contributed by atoms with Crippen molar-refractivity contribution >= 4 is 39.1 Å². The maximum absolute atomic E-state index is 13.5. The summed E-state index contributed by atoms with van der Waals surface area (Å²) in [5.41, 5.74) is 0.630. The van der Waals surface area contributed by atoms with Crippen molar-refractivity contribution in [1.29, 1.82) is 0 Å². The largest absolute Gasteiger partial charge is 0.467 e. The van der Waals surface area contributed by atoms with Crippen LogP contribution < -0.4 is 16.1 Å². The first-order valence-electron chi connectivity index (χ1n) is 14.9. The van der Waals surface area contributed by atoms with Crippen LogP contribution in [0, 0.1) is 0 Å². The first-order chi connectivity index (χ1) is 21.5. The van der Waals surface area contributed by atoms with Crippen LogP contribution in [0.1, 0.15) is 58.3 Å². The molecule has 1 aliphatic heterocycles. The van der Waals surface area contributed by atoms with Gasteiger partial charge in [-0.3, -0.25) is 9.59 Å². The number of nitrogens with one attached hydrogen (secondary N) is 2. The number of carbonyl (C=O) groups is 1. The molecule has 1 fully saturated rings. The number of pyridine rings is 1. The number of thiophene rings is 1. The average molecular weight is 644 g/mol. The number of furan rings is 1. The second kappa shape index (κ2) is 16.3. The summed E-state index contributed by atoms with van der Waals surface area (Å²) in [4.78, 5) is 28.4. The van der Waals surface area contributed by atoms with Crippen LogP contribution in [-0.2, 0) is 33.8 Å². The molecule has 5 rings (SSSR count). The Balaban J connectivity index is 1.23. The van der Waals surface area contributed by atoms with Gasteiger partial charge in [0.05, 0.1) is 31.5 Å². The second-order valence-electron chi connectivity index (χ2n) is 10.6. The first kappa shape index (κ1) is 32.4. The van der Waals surface area contributed by atoms with Crippen molar-refractivity contribution in [3.8, 4) is 0 Å². The fourth-order valence-electron chi connectivity index (χ4n) is 4.94. The lowest BCUT2D eigenvalue weighted by Gasteiger charge is -2.22. The fraction of sp³-hybridized carbons (Fsp3) is 0.438. The number of aliphatic hydroxyl groups is 1. The highest BCUT2D eigenvalue weighted by Crippen LogP contribution is 2.25. The van der Waals surface area contributed by atoms with Crippen LogP contribution in [0.5, 0.6) is 0 Å². The topological polar surface area (TPSA) is 124 Å². The molecule has 12 heteroatoms. The number of benzene rings is 1. The van der Waals surface area contributed by atoms with E-state index in [0.29, 0.717) is 62.0 Å². The smallest absolute Gasteiger partial charge is 0.257 e. The van der Waals surface area contributed by atoms with Crippen molar-refractivity contribution in [1.82, 2.24) is 15.2 Å². The summed E-state index contributed by atoms with van der Waals surface area (Å²) in [6, 6.07) is 12.5. The third kappa shape index (κ3) is 9.01. The van der Waals surface area contributed by atoms with Crippen molar-refractivity contribution in [3.05, 3.63) is 91.9 Å². The van der Waals surface area contributed by atoms with E-state index in [-0.39, 0.29) is 23.8 Å². The monoisotopic (exact) mass is 643 g/mol. The van der Waals surface area contributed by atoms with E-state index >= 15 is 0 Å². The van der Waals surface area contributed by atoms with Gasteiger partial charge < -0.3 is 38.9 Å². The Morgan fingerprint density at radius 3 is 2.80 bits per heavy atom. The van der Waals surface area contributed by atoms with Crippen molar-refractivity contribution in [2.75, 3.05) is 33.0 Å². The van der Waals surface area contributed by atoms with Gasteiger partial charge in [-0.2, -0.15) is 0 Å². The summed E-state index contributed by atoms with van der Waals surface area (Å²) >= 11 is 7.47. The molecule has 0 spiro atoms. The summed E-state index contributed by atoms with van der Waals surface area (Å²) < 4.78 is 24.3. The summed E-state index contributed by atoms with van der Waals surface area (Å²) in [6.45, 7) is 3.76. The highest BCUT2D eigenvalue weighted by Gasteiger charge is 2.19.